The maximum Gasteiger partial charge on any atom is 0.252 e. The Bertz CT molecular complexity index is 434. The molecule has 1 aliphatic heterocycles. The third-order valence-electron chi connectivity index (χ3n) is 3.62. The lowest BCUT2D eigenvalue weighted by Crippen LogP contribution is -2.42. The van der Waals surface area contributed by atoms with Crippen LogP contribution in [-0.2, 0) is 0 Å². The van der Waals surface area contributed by atoms with Crippen molar-refractivity contribution < 1.29 is 4.79 Å². The highest BCUT2D eigenvalue weighted by Crippen LogP contribution is 2.26. The number of nitrogens with zero attached hydrogens (tertiary/aromatic N) is 1. The summed E-state index contributed by atoms with van der Waals surface area (Å²) in [6.45, 7) is 7.00. The summed E-state index contributed by atoms with van der Waals surface area (Å²) < 4.78 is 0. The van der Waals surface area contributed by atoms with Crippen LogP contribution in [0, 0.1) is 12.3 Å². The number of hydrogen-bond donors (Lipinski definition) is 2. The molecular formula is C14H23Cl2N3O. The molecule has 0 bridgehead atoms. The molecule has 2 rings (SSSR count). The minimum atomic E-state index is -0.0223. The Morgan fingerprint density at radius 2 is 2.00 bits per heavy atom. The normalized spacial score (nSPS) is 16.5. The molecule has 0 spiro atoms. The fourth-order valence-corrected chi connectivity index (χ4v) is 2.28. The summed E-state index contributed by atoms with van der Waals surface area (Å²) in [5, 5.41) is 6.37. The van der Waals surface area contributed by atoms with Crippen LogP contribution in [-0.4, -0.2) is 30.5 Å². The van der Waals surface area contributed by atoms with E-state index < -0.39 is 0 Å². The molecule has 1 aromatic heterocycles. The van der Waals surface area contributed by atoms with Crippen molar-refractivity contribution in [3.8, 4) is 0 Å². The van der Waals surface area contributed by atoms with E-state index in [0.29, 0.717) is 5.56 Å². The first kappa shape index (κ1) is 19.2. The van der Waals surface area contributed by atoms with Gasteiger partial charge in [0.2, 0.25) is 0 Å². The van der Waals surface area contributed by atoms with Gasteiger partial charge >= 0.3 is 0 Å². The number of hydrogen-bond acceptors (Lipinski definition) is 3. The maximum absolute atomic E-state index is 12.0. The van der Waals surface area contributed by atoms with Crippen LogP contribution in [0.4, 0.5) is 0 Å². The number of aromatic nitrogens is 1. The van der Waals surface area contributed by atoms with Gasteiger partial charge in [-0.25, -0.2) is 0 Å². The third-order valence-corrected chi connectivity index (χ3v) is 3.62. The molecule has 6 heteroatoms. The zero-order chi connectivity index (χ0) is 13.0. The van der Waals surface area contributed by atoms with Gasteiger partial charge < -0.3 is 10.6 Å². The molecule has 0 unspecified atom stereocenters. The molecule has 4 nitrogen and oxygen atoms in total. The van der Waals surface area contributed by atoms with E-state index in [1.165, 1.54) is 0 Å². The summed E-state index contributed by atoms with van der Waals surface area (Å²) >= 11 is 0. The van der Waals surface area contributed by atoms with Gasteiger partial charge in [-0.15, -0.1) is 24.8 Å². The second-order valence-electron chi connectivity index (χ2n) is 5.49. The lowest BCUT2D eigenvalue weighted by atomic mass is 9.81. The second kappa shape index (κ2) is 8.45. The molecule has 0 saturated carbocycles. The fraction of sp³-hybridized carbons (Fsp3) is 0.571. The molecule has 2 heterocycles. The molecule has 1 saturated heterocycles. The lowest BCUT2D eigenvalue weighted by Gasteiger charge is -2.34. The molecular weight excluding hydrogens is 297 g/mol. The van der Waals surface area contributed by atoms with Crippen molar-refractivity contribution in [3.05, 3.63) is 29.6 Å². The first-order valence-electron chi connectivity index (χ1n) is 6.50. The predicted octanol–water partition coefficient (Wildman–Crippen LogP) is 2.35. The minimum Gasteiger partial charge on any atom is -0.351 e. The summed E-state index contributed by atoms with van der Waals surface area (Å²) in [6, 6.07) is 1.87. The predicted molar refractivity (Wildman–Crippen MR) is 86.0 cm³/mol. The number of pyridine rings is 1. The molecule has 0 aromatic carbocycles. The Hall–Kier alpha value is -0.840. The molecule has 0 aliphatic carbocycles. The topological polar surface area (TPSA) is 54.0 Å². The van der Waals surface area contributed by atoms with Crippen LogP contribution in [0.2, 0.25) is 0 Å². The quantitative estimate of drug-likeness (QED) is 0.899. The van der Waals surface area contributed by atoms with Gasteiger partial charge in [0.1, 0.15) is 0 Å². The van der Waals surface area contributed by atoms with Crippen LogP contribution in [0.3, 0.4) is 0 Å². The van der Waals surface area contributed by atoms with Gasteiger partial charge in [0.25, 0.3) is 5.91 Å². The first-order valence-corrected chi connectivity index (χ1v) is 6.50. The zero-order valence-corrected chi connectivity index (χ0v) is 13.6. The van der Waals surface area contributed by atoms with Crippen LogP contribution in [0.25, 0.3) is 0 Å². The van der Waals surface area contributed by atoms with Crippen molar-refractivity contribution in [1.82, 2.24) is 15.6 Å². The van der Waals surface area contributed by atoms with E-state index in [4.69, 9.17) is 0 Å². The second-order valence-corrected chi connectivity index (χ2v) is 5.49. The Kier molecular flexibility index (Phi) is 8.09. The largest absolute Gasteiger partial charge is 0.351 e. The molecule has 2 N–H and O–H groups in total. The van der Waals surface area contributed by atoms with Gasteiger partial charge in [0.05, 0.1) is 5.56 Å². The molecule has 1 aliphatic rings. The lowest BCUT2D eigenvalue weighted by molar-refractivity contribution is 0.0922. The fourth-order valence-electron chi connectivity index (χ4n) is 2.28. The number of carbonyl (C=O) groups excluding carboxylic acids is 1. The van der Waals surface area contributed by atoms with E-state index in [1.807, 2.05) is 13.0 Å². The average Bonchev–Trinajstić information content (AvgIpc) is 2.37. The Labute approximate surface area is 132 Å². The van der Waals surface area contributed by atoms with Gasteiger partial charge in [0.15, 0.2) is 0 Å². The molecule has 1 amide bonds. The summed E-state index contributed by atoms with van der Waals surface area (Å²) in [5.41, 5.74) is 1.88. The highest BCUT2D eigenvalue weighted by molar-refractivity contribution is 5.94. The van der Waals surface area contributed by atoms with Crippen LogP contribution in [0.1, 0.15) is 35.7 Å². The summed E-state index contributed by atoms with van der Waals surface area (Å²) in [7, 11) is 0. The van der Waals surface area contributed by atoms with Crippen molar-refractivity contribution in [2.75, 3.05) is 19.6 Å². The highest BCUT2D eigenvalue weighted by Gasteiger charge is 2.27. The van der Waals surface area contributed by atoms with Gasteiger partial charge in [0, 0.05) is 18.9 Å². The van der Waals surface area contributed by atoms with E-state index in [0.717, 1.165) is 38.0 Å². The van der Waals surface area contributed by atoms with Crippen molar-refractivity contribution in [2.24, 2.45) is 5.41 Å². The molecule has 0 radical (unpaired) electrons. The Morgan fingerprint density at radius 1 is 1.35 bits per heavy atom. The first-order chi connectivity index (χ1) is 8.59. The SMILES string of the molecule is Cc1cncc(C(=O)NCC2(C)CCNCC2)c1.Cl.Cl. The highest BCUT2D eigenvalue weighted by atomic mass is 35.5. The van der Waals surface area contributed by atoms with Crippen LogP contribution < -0.4 is 10.6 Å². The molecule has 20 heavy (non-hydrogen) atoms. The molecule has 1 aromatic rings. The minimum absolute atomic E-state index is 0. The number of carbonyl (C=O) groups is 1. The molecule has 1 fully saturated rings. The number of amides is 1. The number of aryl methyl sites for hydroxylation is 1. The van der Waals surface area contributed by atoms with E-state index >= 15 is 0 Å². The zero-order valence-electron chi connectivity index (χ0n) is 11.9. The van der Waals surface area contributed by atoms with Crippen LogP contribution in [0.5, 0.6) is 0 Å². The molecule has 0 atom stereocenters. The van der Waals surface area contributed by atoms with Gasteiger partial charge in [-0.05, 0) is 49.9 Å². The third kappa shape index (κ3) is 5.27. The van der Waals surface area contributed by atoms with Gasteiger partial charge in [-0.2, -0.15) is 0 Å². The number of halogens is 2. The van der Waals surface area contributed by atoms with Gasteiger partial charge in [-0.3, -0.25) is 9.78 Å². The van der Waals surface area contributed by atoms with Crippen molar-refractivity contribution in [1.29, 1.82) is 0 Å². The van der Waals surface area contributed by atoms with Crippen molar-refractivity contribution in [3.63, 3.8) is 0 Å². The monoisotopic (exact) mass is 319 g/mol. The maximum atomic E-state index is 12.0. The van der Waals surface area contributed by atoms with Crippen LogP contribution >= 0.6 is 24.8 Å². The van der Waals surface area contributed by atoms with Gasteiger partial charge in [-0.1, -0.05) is 6.92 Å². The molecule has 114 valence electrons. The van der Waals surface area contributed by atoms with E-state index in [1.54, 1.807) is 12.4 Å². The summed E-state index contributed by atoms with van der Waals surface area (Å²) in [6.07, 6.45) is 5.59. The van der Waals surface area contributed by atoms with E-state index in [2.05, 4.69) is 22.5 Å². The number of nitrogens with one attached hydrogen (secondary N) is 2. The van der Waals surface area contributed by atoms with E-state index in [9.17, 15) is 4.79 Å². The summed E-state index contributed by atoms with van der Waals surface area (Å²) in [4.78, 5) is 16.1. The number of rotatable bonds is 3. The Morgan fingerprint density at radius 3 is 2.60 bits per heavy atom. The average molecular weight is 320 g/mol. The van der Waals surface area contributed by atoms with Crippen molar-refractivity contribution >= 4 is 30.7 Å². The standard InChI is InChI=1S/C14H21N3O.2ClH/c1-11-7-12(9-16-8-11)13(18)17-10-14(2)3-5-15-6-4-14;;/h7-9,15H,3-6,10H2,1-2H3,(H,17,18);2*1H. The summed E-state index contributed by atoms with van der Waals surface area (Å²) in [5.74, 6) is -0.0223. The smallest absolute Gasteiger partial charge is 0.252 e. The van der Waals surface area contributed by atoms with Crippen molar-refractivity contribution in [2.45, 2.75) is 26.7 Å². The van der Waals surface area contributed by atoms with Crippen LogP contribution in [0.15, 0.2) is 18.5 Å². The van der Waals surface area contributed by atoms with E-state index in [-0.39, 0.29) is 36.1 Å². The Balaban J connectivity index is 0.00000180. The number of piperidine rings is 1.